The molecule has 0 spiro atoms. The summed E-state index contributed by atoms with van der Waals surface area (Å²) in [5, 5.41) is 13.1. The zero-order chi connectivity index (χ0) is 18.5. The SMILES string of the molecule is C1=CSC(c2cc3cc(-c4cccs4)c4ccccc4c3c3ccccc23)C1. The van der Waals surface area contributed by atoms with Crippen molar-refractivity contribution in [1.82, 2.24) is 0 Å². The third-order valence-corrected chi connectivity index (χ3v) is 7.74. The van der Waals surface area contributed by atoms with Gasteiger partial charge in [0.05, 0.1) is 0 Å². The van der Waals surface area contributed by atoms with Crippen molar-refractivity contribution < 1.29 is 0 Å². The molecule has 0 aliphatic carbocycles. The molecule has 0 amide bonds. The molecule has 0 radical (unpaired) electrons. The molecule has 0 N–H and O–H groups in total. The monoisotopic (exact) mass is 394 g/mol. The average Bonchev–Trinajstić information content (AvgIpc) is 3.46. The van der Waals surface area contributed by atoms with Gasteiger partial charge in [0.1, 0.15) is 0 Å². The number of benzene rings is 4. The van der Waals surface area contributed by atoms with Crippen molar-refractivity contribution in [3.63, 3.8) is 0 Å². The molecule has 1 atom stereocenters. The highest BCUT2D eigenvalue weighted by molar-refractivity contribution is 8.02. The summed E-state index contributed by atoms with van der Waals surface area (Å²) in [6.45, 7) is 0. The predicted octanol–water partition coefficient (Wildman–Crippen LogP) is 8.57. The first-order valence-electron chi connectivity index (χ1n) is 9.61. The molecule has 1 aromatic heterocycles. The summed E-state index contributed by atoms with van der Waals surface area (Å²) in [5.41, 5.74) is 2.81. The van der Waals surface area contributed by atoms with Crippen LogP contribution in [-0.2, 0) is 0 Å². The van der Waals surface area contributed by atoms with Crippen molar-refractivity contribution in [2.45, 2.75) is 11.7 Å². The van der Waals surface area contributed by atoms with Crippen LogP contribution in [0.1, 0.15) is 17.2 Å². The lowest BCUT2D eigenvalue weighted by Crippen LogP contribution is -1.93. The fourth-order valence-electron chi connectivity index (χ4n) is 4.50. The van der Waals surface area contributed by atoms with E-state index in [0.29, 0.717) is 5.25 Å². The summed E-state index contributed by atoms with van der Waals surface area (Å²) >= 11 is 3.76. The Balaban J connectivity index is 1.79. The van der Waals surface area contributed by atoms with E-state index in [9.17, 15) is 0 Å². The van der Waals surface area contributed by atoms with Gasteiger partial charge in [-0.15, -0.1) is 23.1 Å². The standard InChI is InChI=1S/C26H18S2/c1-3-9-20-18(7-1)22(24-11-5-13-27-24)15-17-16-23(25-12-6-14-28-25)19-8-2-4-10-21(19)26(17)20/h1-11,13-16,25H,12H2. The van der Waals surface area contributed by atoms with Crippen molar-refractivity contribution >= 4 is 55.4 Å². The maximum absolute atomic E-state index is 2.45. The molecule has 0 fully saturated rings. The lowest BCUT2D eigenvalue weighted by atomic mass is 9.89. The zero-order valence-corrected chi connectivity index (χ0v) is 16.9. The minimum Gasteiger partial charge on any atom is -0.144 e. The van der Waals surface area contributed by atoms with E-state index in [-0.39, 0.29) is 0 Å². The first kappa shape index (κ1) is 16.4. The predicted molar refractivity (Wildman–Crippen MR) is 126 cm³/mol. The van der Waals surface area contributed by atoms with Gasteiger partial charge in [-0.05, 0) is 73.3 Å². The number of thioether (sulfide) groups is 1. The smallest absolute Gasteiger partial charge is 0.0379 e. The number of fused-ring (bicyclic) bond motifs is 5. The Kier molecular flexibility index (Phi) is 3.81. The average molecular weight is 395 g/mol. The summed E-state index contributed by atoms with van der Waals surface area (Å²) in [6.07, 6.45) is 3.41. The second-order valence-electron chi connectivity index (χ2n) is 7.29. The zero-order valence-electron chi connectivity index (χ0n) is 15.3. The molecule has 134 valence electrons. The van der Waals surface area contributed by atoms with Gasteiger partial charge >= 0.3 is 0 Å². The first-order valence-corrected chi connectivity index (χ1v) is 11.4. The highest BCUT2D eigenvalue weighted by Crippen LogP contribution is 2.46. The molecule has 28 heavy (non-hydrogen) atoms. The Labute approximate surface area is 172 Å². The molecule has 2 heteroatoms. The molecule has 2 heterocycles. The van der Waals surface area contributed by atoms with Crippen molar-refractivity contribution in [3.05, 3.63) is 95.2 Å². The molecule has 5 aromatic rings. The fourth-order valence-corrected chi connectivity index (χ4v) is 6.23. The number of allylic oxidation sites excluding steroid dienone is 1. The number of thiophene rings is 1. The lowest BCUT2D eigenvalue weighted by molar-refractivity contribution is 1.00. The summed E-state index contributed by atoms with van der Waals surface area (Å²) in [7, 11) is 0. The lowest BCUT2D eigenvalue weighted by Gasteiger charge is -2.18. The van der Waals surface area contributed by atoms with Crippen molar-refractivity contribution in [2.24, 2.45) is 0 Å². The number of hydrogen-bond donors (Lipinski definition) is 0. The van der Waals surface area contributed by atoms with E-state index < -0.39 is 0 Å². The van der Waals surface area contributed by atoms with Gasteiger partial charge in [-0.1, -0.05) is 60.7 Å². The quantitative estimate of drug-likeness (QED) is 0.270. The molecule has 0 bridgehead atoms. The molecule has 1 aliphatic heterocycles. The summed E-state index contributed by atoms with van der Waals surface area (Å²) in [5.74, 6) is 0. The van der Waals surface area contributed by atoms with E-state index in [2.05, 4.69) is 89.7 Å². The maximum Gasteiger partial charge on any atom is 0.0379 e. The van der Waals surface area contributed by atoms with Crippen LogP contribution >= 0.6 is 23.1 Å². The van der Waals surface area contributed by atoms with Crippen LogP contribution in [0.4, 0.5) is 0 Å². The summed E-state index contributed by atoms with van der Waals surface area (Å²) in [4.78, 5) is 1.34. The molecule has 4 aromatic carbocycles. The van der Waals surface area contributed by atoms with Gasteiger partial charge in [0.2, 0.25) is 0 Å². The molecule has 1 aliphatic rings. The minimum absolute atomic E-state index is 0.519. The van der Waals surface area contributed by atoms with Crippen LogP contribution in [-0.4, -0.2) is 0 Å². The molecular weight excluding hydrogens is 376 g/mol. The number of hydrogen-bond acceptors (Lipinski definition) is 2. The van der Waals surface area contributed by atoms with Crippen LogP contribution in [0, 0.1) is 0 Å². The minimum atomic E-state index is 0.519. The Morgan fingerprint density at radius 3 is 2.21 bits per heavy atom. The summed E-state index contributed by atoms with van der Waals surface area (Å²) in [6, 6.07) is 27.1. The second kappa shape index (κ2) is 6.51. The molecular formula is C26H18S2. The molecule has 6 rings (SSSR count). The second-order valence-corrected chi connectivity index (χ2v) is 9.35. The fraction of sp³-hybridized carbons (Fsp3) is 0.0769. The van der Waals surface area contributed by atoms with E-state index in [1.165, 1.54) is 48.3 Å². The van der Waals surface area contributed by atoms with E-state index in [0.717, 1.165) is 6.42 Å². The van der Waals surface area contributed by atoms with Gasteiger partial charge in [-0.2, -0.15) is 0 Å². The van der Waals surface area contributed by atoms with Crippen LogP contribution in [0.5, 0.6) is 0 Å². The third-order valence-electron chi connectivity index (χ3n) is 5.72. The van der Waals surface area contributed by atoms with Gasteiger partial charge in [0.15, 0.2) is 0 Å². The van der Waals surface area contributed by atoms with Crippen LogP contribution in [0.15, 0.2) is 89.7 Å². The highest BCUT2D eigenvalue weighted by Gasteiger charge is 2.19. The molecule has 1 unspecified atom stereocenters. The first-order chi connectivity index (χ1) is 13.9. The Morgan fingerprint density at radius 1 is 0.750 bits per heavy atom. The Morgan fingerprint density at radius 2 is 1.50 bits per heavy atom. The van der Waals surface area contributed by atoms with Gasteiger partial charge in [0, 0.05) is 15.7 Å². The third kappa shape index (κ3) is 2.45. The highest BCUT2D eigenvalue weighted by atomic mass is 32.2. The maximum atomic E-state index is 2.45. The van der Waals surface area contributed by atoms with Gasteiger partial charge in [-0.3, -0.25) is 0 Å². The van der Waals surface area contributed by atoms with Crippen molar-refractivity contribution in [1.29, 1.82) is 0 Å². The van der Waals surface area contributed by atoms with E-state index in [1.807, 2.05) is 23.1 Å². The topological polar surface area (TPSA) is 0 Å². The Hall–Kier alpha value is -2.55. The van der Waals surface area contributed by atoms with Gasteiger partial charge < -0.3 is 0 Å². The van der Waals surface area contributed by atoms with E-state index >= 15 is 0 Å². The van der Waals surface area contributed by atoms with Gasteiger partial charge in [0.25, 0.3) is 0 Å². The molecule has 0 nitrogen and oxygen atoms in total. The number of rotatable bonds is 2. The molecule has 0 saturated carbocycles. The molecule has 0 saturated heterocycles. The normalized spacial score (nSPS) is 16.5. The largest absolute Gasteiger partial charge is 0.144 e. The van der Waals surface area contributed by atoms with Crippen LogP contribution < -0.4 is 0 Å². The van der Waals surface area contributed by atoms with E-state index in [1.54, 1.807) is 0 Å². The van der Waals surface area contributed by atoms with Crippen LogP contribution in [0.2, 0.25) is 0 Å². The summed E-state index contributed by atoms with van der Waals surface area (Å²) < 4.78 is 0. The van der Waals surface area contributed by atoms with Crippen LogP contribution in [0.25, 0.3) is 42.8 Å². The van der Waals surface area contributed by atoms with Crippen LogP contribution in [0.3, 0.4) is 0 Å². The van der Waals surface area contributed by atoms with E-state index in [4.69, 9.17) is 0 Å². The van der Waals surface area contributed by atoms with Crippen molar-refractivity contribution in [3.8, 4) is 10.4 Å². The Bertz CT molecular complexity index is 1350. The van der Waals surface area contributed by atoms with Gasteiger partial charge in [-0.25, -0.2) is 0 Å². The van der Waals surface area contributed by atoms with Crippen molar-refractivity contribution in [2.75, 3.05) is 0 Å².